The minimum atomic E-state index is -0.885. The van der Waals surface area contributed by atoms with Crippen LogP contribution in [0.3, 0.4) is 0 Å². The smallest absolute Gasteiger partial charge is 0.317 e. The standard InChI is InChI=1S/C25H48N6O5/c1-3-5-9-26-23(33)8-6-7-10-27-24(34)21-30-15-12-28(4-2)11-13-29(19-20-32)14-16-31(18-17-30)22-25(35)36/h20H,3-19,21-22H2,1-2H3,(H,26,33)(H,27,34)(H,35,36). The second-order valence-corrected chi connectivity index (χ2v) is 9.36. The van der Waals surface area contributed by atoms with Crippen molar-refractivity contribution < 1.29 is 24.3 Å². The summed E-state index contributed by atoms with van der Waals surface area (Å²) in [5, 5.41) is 15.2. The first-order chi connectivity index (χ1) is 17.4. The molecule has 11 heteroatoms. The highest BCUT2D eigenvalue weighted by Gasteiger charge is 2.18. The molecule has 1 fully saturated rings. The highest BCUT2D eigenvalue weighted by molar-refractivity contribution is 5.78. The number of hydrogen-bond acceptors (Lipinski definition) is 8. The maximum Gasteiger partial charge on any atom is 0.317 e. The van der Waals surface area contributed by atoms with E-state index in [0.29, 0.717) is 52.2 Å². The zero-order valence-electron chi connectivity index (χ0n) is 22.4. The van der Waals surface area contributed by atoms with Gasteiger partial charge in [0.25, 0.3) is 0 Å². The Labute approximate surface area is 216 Å². The number of carboxylic acids is 1. The molecule has 1 heterocycles. The minimum absolute atomic E-state index is 0.0560. The van der Waals surface area contributed by atoms with Crippen LogP contribution >= 0.6 is 0 Å². The van der Waals surface area contributed by atoms with Gasteiger partial charge in [0.1, 0.15) is 6.29 Å². The first-order valence-electron chi connectivity index (χ1n) is 13.5. The summed E-state index contributed by atoms with van der Waals surface area (Å²) in [4.78, 5) is 55.1. The fraction of sp³-hybridized carbons (Fsp3) is 0.840. The van der Waals surface area contributed by atoms with Crippen LogP contribution in [0.15, 0.2) is 0 Å². The van der Waals surface area contributed by atoms with Crippen LogP contribution in [0.2, 0.25) is 0 Å². The third-order valence-corrected chi connectivity index (χ3v) is 6.44. The molecule has 3 N–H and O–H groups in total. The van der Waals surface area contributed by atoms with E-state index in [2.05, 4.69) is 39.2 Å². The largest absolute Gasteiger partial charge is 0.480 e. The van der Waals surface area contributed by atoms with Gasteiger partial charge in [-0.3, -0.25) is 29.1 Å². The van der Waals surface area contributed by atoms with Crippen molar-refractivity contribution in [2.45, 2.75) is 46.0 Å². The van der Waals surface area contributed by atoms with Crippen molar-refractivity contribution >= 4 is 24.1 Å². The van der Waals surface area contributed by atoms with E-state index in [1.807, 2.05) is 4.90 Å². The van der Waals surface area contributed by atoms with E-state index in [1.165, 1.54) is 0 Å². The number of rotatable bonds is 15. The second-order valence-electron chi connectivity index (χ2n) is 9.36. The fourth-order valence-corrected chi connectivity index (χ4v) is 4.08. The van der Waals surface area contributed by atoms with Gasteiger partial charge in [-0.25, -0.2) is 0 Å². The van der Waals surface area contributed by atoms with E-state index in [4.69, 9.17) is 0 Å². The molecule has 208 valence electrons. The Morgan fingerprint density at radius 2 is 1.25 bits per heavy atom. The predicted molar refractivity (Wildman–Crippen MR) is 140 cm³/mol. The van der Waals surface area contributed by atoms with Crippen LogP contribution in [0, 0.1) is 0 Å². The lowest BCUT2D eigenvalue weighted by molar-refractivity contribution is -0.138. The number of aldehydes is 1. The predicted octanol–water partition coefficient (Wildman–Crippen LogP) is -0.286. The molecule has 1 rings (SSSR count). The molecule has 11 nitrogen and oxygen atoms in total. The van der Waals surface area contributed by atoms with Crippen LogP contribution < -0.4 is 10.6 Å². The van der Waals surface area contributed by atoms with Crippen molar-refractivity contribution in [2.75, 3.05) is 91.6 Å². The van der Waals surface area contributed by atoms with E-state index in [9.17, 15) is 24.3 Å². The molecule has 0 bridgehead atoms. The average Bonchev–Trinajstić information content (AvgIpc) is 2.83. The van der Waals surface area contributed by atoms with Crippen molar-refractivity contribution in [1.82, 2.24) is 30.2 Å². The molecule has 1 saturated heterocycles. The zero-order valence-corrected chi connectivity index (χ0v) is 22.4. The molecule has 0 aliphatic carbocycles. The third-order valence-electron chi connectivity index (χ3n) is 6.44. The molecule has 0 aromatic rings. The summed E-state index contributed by atoms with van der Waals surface area (Å²) in [5.74, 6) is -0.876. The Kier molecular flexibility index (Phi) is 17.8. The number of hydrogen-bond donors (Lipinski definition) is 3. The van der Waals surface area contributed by atoms with Crippen molar-refractivity contribution in [3.63, 3.8) is 0 Å². The van der Waals surface area contributed by atoms with E-state index in [-0.39, 0.29) is 24.9 Å². The van der Waals surface area contributed by atoms with Gasteiger partial charge in [0.05, 0.1) is 19.6 Å². The Bertz CT molecular complexity index is 650. The summed E-state index contributed by atoms with van der Waals surface area (Å²) < 4.78 is 0. The van der Waals surface area contributed by atoms with Gasteiger partial charge in [0.2, 0.25) is 11.8 Å². The number of aliphatic carboxylic acids is 1. The van der Waals surface area contributed by atoms with E-state index in [0.717, 1.165) is 64.7 Å². The Hall–Kier alpha value is -2.08. The first kappa shape index (κ1) is 31.9. The molecular formula is C25H48N6O5. The van der Waals surface area contributed by atoms with Crippen LogP contribution in [0.5, 0.6) is 0 Å². The Balaban J connectivity index is 2.55. The summed E-state index contributed by atoms with van der Waals surface area (Å²) >= 11 is 0. The van der Waals surface area contributed by atoms with Crippen LogP contribution in [0.25, 0.3) is 0 Å². The van der Waals surface area contributed by atoms with Gasteiger partial charge in [-0.1, -0.05) is 20.3 Å². The van der Waals surface area contributed by atoms with Gasteiger partial charge < -0.3 is 25.4 Å². The number of nitrogens with one attached hydrogen (secondary N) is 2. The number of carboxylic acid groups (broad SMARTS) is 1. The molecular weight excluding hydrogens is 464 g/mol. The first-order valence-corrected chi connectivity index (χ1v) is 13.5. The number of carbonyl (C=O) groups excluding carboxylic acids is 3. The van der Waals surface area contributed by atoms with Gasteiger partial charge >= 0.3 is 5.97 Å². The Morgan fingerprint density at radius 3 is 1.81 bits per heavy atom. The van der Waals surface area contributed by atoms with Crippen LogP contribution in [-0.4, -0.2) is 140 Å². The summed E-state index contributed by atoms with van der Waals surface area (Å²) in [6, 6.07) is 0. The van der Waals surface area contributed by atoms with Gasteiger partial charge in [-0.15, -0.1) is 0 Å². The molecule has 0 aromatic heterocycles. The zero-order chi connectivity index (χ0) is 26.6. The van der Waals surface area contributed by atoms with Crippen LogP contribution in [0.4, 0.5) is 0 Å². The molecule has 0 aromatic carbocycles. The SMILES string of the molecule is CCCCNC(=O)CCCCNC(=O)CN1CCN(CC)CCN(CC=O)CCN(CC(=O)O)CC1. The van der Waals surface area contributed by atoms with Crippen molar-refractivity contribution in [3.05, 3.63) is 0 Å². The van der Waals surface area contributed by atoms with Gasteiger partial charge in [0.15, 0.2) is 0 Å². The fourth-order valence-electron chi connectivity index (χ4n) is 4.08. The van der Waals surface area contributed by atoms with E-state index >= 15 is 0 Å². The van der Waals surface area contributed by atoms with Crippen LogP contribution in [0.1, 0.15) is 46.0 Å². The molecule has 0 radical (unpaired) electrons. The normalized spacial score (nSPS) is 17.6. The van der Waals surface area contributed by atoms with Crippen LogP contribution in [-0.2, 0) is 19.2 Å². The van der Waals surface area contributed by atoms with Crippen molar-refractivity contribution in [1.29, 1.82) is 0 Å². The van der Waals surface area contributed by atoms with Gasteiger partial charge in [0, 0.05) is 71.9 Å². The lowest BCUT2D eigenvalue weighted by atomic mass is 10.2. The van der Waals surface area contributed by atoms with Gasteiger partial charge in [-0.05, 0) is 25.8 Å². The number of amides is 2. The number of nitrogens with zero attached hydrogens (tertiary/aromatic N) is 4. The molecule has 36 heavy (non-hydrogen) atoms. The van der Waals surface area contributed by atoms with Crippen molar-refractivity contribution in [2.24, 2.45) is 0 Å². The van der Waals surface area contributed by atoms with E-state index < -0.39 is 5.97 Å². The maximum absolute atomic E-state index is 12.6. The number of carbonyl (C=O) groups is 4. The minimum Gasteiger partial charge on any atom is -0.480 e. The topological polar surface area (TPSA) is 126 Å². The summed E-state index contributed by atoms with van der Waals surface area (Å²) in [6.07, 6.45) is 4.89. The second kappa shape index (κ2) is 20.0. The average molecular weight is 513 g/mol. The molecule has 0 saturated carbocycles. The maximum atomic E-state index is 12.6. The lowest BCUT2D eigenvalue weighted by Gasteiger charge is -2.32. The molecule has 1 aliphatic heterocycles. The van der Waals surface area contributed by atoms with E-state index in [1.54, 1.807) is 0 Å². The summed E-state index contributed by atoms with van der Waals surface area (Å²) in [5.41, 5.74) is 0. The summed E-state index contributed by atoms with van der Waals surface area (Å²) in [7, 11) is 0. The molecule has 0 atom stereocenters. The highest BCUT2D eigenvalue weighted by Crippen LogP contribution is 2.01. The molecule has 0 unspecified atom stereocenters. The van der Waals surface area contributed by atoms with Gasteiger partial charge in [-0.2, -0.15) is 0 Å². The monoisotopic (exact) mass is 512 g/mol. The molecule has 1 aliphatic rings. The highest BCUT2D eigenvalue weighted by atomic mass is 16.4. The lowest BCUT2D eigenvalue weighted by Crippen LogP contribution is -2.48. The number of unbranched alkanes of at least 4 members (excludes halogenated alkanes) is 2. The molecule has 2 amide bonds. The Morgan fingerprint density at radius 1 is 0.722 bits per heavy atom. The summed E-state index contributed by atoms with van der Waals surface area (Å²) in [6.45, 7) is 12.2. The third kappa shape index (κ3) is 15.8. The quantitative estimate of drug-likeness (QED) is 0.201. The number of likely N-dealkylation sites (N-methyl/N-ethyl adjacent to an activating group) is 1. The molecule has 0 spiro atoms. The van der Waals surface area contributed by atoms with Crippen molar-refractivity contribution in [3.8, 4) is 0 Å².